The highest BCUT2D eigenvalue weighted by molar-refractivity contribution is 5.91. The number of unbranched alkanes of at least 4 members (excludes halogenated alkanes) is 6. The molecule has 3 rings (SSSR count). The molecule has 5 heteroatoms. The second-order valence-electron chi connectivity index (χ2n) is 9.30. The van der Waals surface area contributed by atoms with Crippen LogP contribution in [0.5, 0.6) is 5.75 Å². The average Bonchev–Trinajstić information content (AvgIpc) is 2.86. The predicted molar refractivity (Wildman–Crippen MR) is 133 cm³/mol. The molecule has 2 aromatic carbocycles. The molecule has 0 amide bonds. The van der Waals surface area contributed by atoms with E-state index in [9.17, 15) is 9.18 Å². The number of benzene rings is 2. The van der Waals surface area contributed by atoms with Gasteiger partial charge in [0.15, 0.2) is 17.9 Å². The minimum atomic E-state index is -0.584. The number of ether oxygens (including phenoxy) is 3. The van der Waals surface area contributed by atoms with Gasteiger partial charge in [-0.15, -0.1) is 0 Å². The average molecular weight is 471 g/mol. The van der Waals surface area contributed by atoms with Gasteiger partial charge in [-0.3, -0.25) is 0 Å². The Morgan fingerprint density at radius 2 is 1.59 bits per heavy atom. The fourth-order valence-electron chi connectivity index (χ4n) is 4.24. The first-order valence-corrected chi connectivity index (χ1v) is 12.9. The molecule has 0 aromatic heterocycles. The van der Waals surface area contributed by atoms with Crippen molar-refractivity contribution in [2.45, 2.75) is 84.3 Å². The summed E-state index contributed by atoms with van der Waals surface area (Å²) in [6.07, 6.45) is 11.1. The van der Waals surface area contributed by atoms with Crippen molar-refractivity contribution in [1.29, 1.82) is 0 Å². The Kier molecular flexibility index (Phi) is 11.0. The quantitative estimate of drug-likeness (QED) is 0.170. The monoisotopic (exact) mass is 470 g/mol. The molecule has 1 saturated heterocycles. The fraction of sp³-hybridized carbons (Fsp3) is 0.552. The minimum Gasteiger partial charge on any atom is -0.420 e. The van der Waals surface area contributed by atoms with E-state index in [0.29, 0.717) is 24.7 Å². The molecule has 0 unspecified atom stereocenters. The van der Waals surface area contributed by atoms with Crippen LogP contribution in [0.25, 0.3) is 0 Å². The maximum Gasteiger partial charge on any atom is 0.343 e. The summed E-state index contributed by atoms with van der Waals surface area (Å²) in [6, 6.07) is 11.8. The number of carbonyl (C=O) groups excluding carboxylic acids is 1. The molecule has 1 heterocycles. The summed E-state index contributed by atoms with van der Waals surface area (Å²) in [6.45, 7) is 5.76. The van der Waals surface area contributed by atoms with E-state index < -0.39 is 18.1 Å². The number of aryl methyl sites for hydroxylation is 1. The minimum absolute atomic E-state index is 0.0446. The van der Waals surface area contributed by atoms with E-state index in [1.807, 2.05) is 6.07 Å². The first-order chi connectivity index (χ1) is 16.6. The summed E-state index contributed by atoms with van der Waals surface area (Å²) in [7, 11) is 0. The van der Waals surface area contributed by atoms with Gasteiger partial charge in [-0.1, -0.05) is 77.0 Å². The molecule has 0 atom stereocenters. The molecule has 1 fully saturated rings. The molecule has 186 valence electrons. The van der Waals surface area contributed by atoms with Crippen LogP contribution in [0.4, 0.5) is 4.39 Å². The van der Waals surface area contributed by atoms with Crippen molar-refractivity contribution < 1.29 is 23.4 Å². The van der Waals surface area contributed by atoms with Crippen LogP contribution < -0.4 is 4.74 Å². The van der Waals surface area contributed by atoms with Gasteiger partial charge >= 0.3 is 5.97 Å². The summed E-state index contributed by atoms with van der Waals surface area (Å²) in [4.78, 5) is 12.5. The highest BCUT2D eigenvalue weighted by Gasteiger charge is 2.23. The summed E-state index contributed by atoms with van der Waals surface area (Å²) in [5, 5.41) is 0. The topological polar surface area (TPSA) is 44.8 Å². The highest BCUT2D eigenvalue weighted by atomic mass is 19.1. The van der Waals surface area contributed by atoms with Crippen LogP contribution in [0.2, 0.25) is 0 Å². The number of halogens is 1. The lowest BCUT2D eigenvalue weighted by atomic mass is 10.0. The molecule has 34 heavy (non-hydrogen) atoms. The molecule has 4 nitrogen and oxygen atoms in total. The molecule has 0 radical (unpaired) electrons. The highest BCUT2D eigenvalue weighted by Crippen LogP contribution is 2.28. The molecule has 1 aliphatic rings. The Balaban J connectivity index is 1.47. The van der Waals surface area contributed by atoms with Crippen molar-refractivity contribution in [2.75, 3.05) is 13.2 Å². The van der Waals surface area contributed by atoms with E-state index in [1.165, 1.54) is 44.6 Å². The summed E-state index contributed by atoms with van der Waals surface area (Å²) >= 11 is 0. The van der Waals surface area contributed by atoms with Crippen LogP contribution >= 0.6 is 0 Å². The fourth-order valence-corrected chi connectivity index (χ4v) is 4.24. The number of rotatable bonds is 13. The molecule has 0 spiro atoms. The second-order valence-corrected chi connectivity index (χ2v) is 9.30. The van der Waals surface area contributed by atoms with Crippen molar-refractivity contribution in [3.63, 3.8) is 0 Å². The Hall–Kier alpha value is -2.24. The molecular weight excluding hydrogens is 431 g/mol. The third-order valence-electron chi connectivity index (χ3n) is 6.37. The van der Waals surface area contributed by atoms with E-state index in [-0.39, 0.29) is 5.75 Å². The predicted octanol–water partition coefficient (Wildman–Crippen LogP) is 7.80. The van der Waals surface area contributed by atoms with Crippen LogP contribution in [0.15, 0.2) is 42.5 Å². The van der Waals surface area contributed by atoms with Gasteiger partial charge < -0.3 is 14.2 Å². The van der Waals surface area contributed by atoms with Crippen LogP contribution in [0.1, 0.15) is 99.4 Å². The Morgan fingerprint density at radius 1 is 0.912 bits per heavy atom. The van der Waals surface area contributed by atoms with Gasteiger partial charge in [0.2, 0.25) is 0 Å². The van der Waals surface area contributed by atoms with Crippen LogP contribution in [-0.4, -0.2) is 19.2 Å². The van der Waals surface area contributed by atoms with E-state index >= 15 is 0 Å². The smallest absolute Gasteiger partial charge is 0.343 e. The Morgan fingerprint density at radius 3 is 2.26 bits per heavy atom. The SMILES string of the molecule is CCCCCCCc1ccc(OC(=O)c2ccc(C3OCC(CCCCC)CO3)cc2)c(F)c1. The van der Waals surface area contributed by atoms with Crippen molar-refractivity contribution in [3.05, 3.63) is 65.0 Å². The summed E-state index contributed by atoms with van der Waals surface area (Å²) in [5.74, 6) is -0.691. The maximum absolute atomic E-state index is 14.5. The molecule has 0 bridgehead atoms. The van der Waals surface area contributed by atoms with E-state index in [4.69, 9.17) is 14.2 Å². The number of esters is 1. The first-order valence-electron chi connectivity index (χ1n) is 12.9. The lowest BCUT2D eigenvalue weighted by Gasteiger charge is -2.29. The van der Waals surface area contributed by atoms with Crippen molar-refractivity contribution in [2.24, 2.45) is 5.92 Å². The van der Waals surface area contributed by atoms with Crippen LogP contribution in [0.3, 0.4) is 0 Å². The van der Waals surface area contributed by atoms with E-state index in [0.717, 1.165) is 36.8 Å². The largest absolute Gasteiger partial charge is 0.420 e. The van der Waals surface area contributed by atoms with E-state index in [2.05, 4.69) is 13.8 Å². The maximum atomic E-state index is 14.5. The summed E-state index contributed by atoms with van der Waals surface area (Å²) in [5.41, 5.74) is 2.15. The van der Waals surface area contributed by atoms with Gasteiger partial charge in [-0.05, 0) is 49.1 Å². The zero-order chi connectivity index (χ0) is 24.2. The van der Waals surface area contributed by atoms with Crippen molar-refractivity contribution in [3.8, 4) is 5.75 Å². The molecule has 0 N–H and O–H groups in total. The van der Waals surface area contributed by atoms with Gasteiger partial charge in [-0.2, -0.15) is 0 Å². The normalized spacial score (nSPS) is 18.1. The molecule has 0 aliphatic carbocycles. The summed E-state index contributed by atoms with van der Waals surface area (Å²) < 4.78 is 31.6. The van der Waals surface area contributed by atoms with Gasteiger partial charge in [0.1, 0.15) is 0 Å². The molecule has 0 saturated carbocycles. The van der Waals surface area contributed by atoms with Gasteiger partial charge in [-0.25, -0.2) is 9.18 Å². The first kappa shape index (κ1) is 26.4. The molecule has 2 aromatic rings. The third-order valence-corrected chi connectivity index (χ3v) is 6.37. The van der Waals surface area contributed by atoms with Crippen LogP contribution in [0, 0.1) is 11.7 Å². The lowest BCUT2D eigenvalue weighted by Crippen LogP contribution is -2.27. The molecular formula is C29H39FO4. The van der Waals surface area contributed by atoms with Crippen LogP contribution in [-0.2, 0) is 15.9 Å². The zero-order valence-electron chi connectivity index (χ0n) is 20.7. The van der Waals surface area contributed by atoms with Gasteiger partial charge in [0.25, 0.3) is 0 Å². The Bertz CT molecular complexity index is 872. The number of carbonyl (C=O) groups is 1. The lowest BCUT2D eigenvalue weighted by molar-refractivity contribution is -0.206. The standard InChI is InChI=1S/C29H39FO4/c1-3-5-7-8-10-11-22-13-18-27(26(30)19-22)34-28(31)24-14-16-25(17-15-24)29-32-20-23(21-33-29)12-9-6-4-2/h13-19,23,29H,3-12,20-21H2,1-2H3. The Labute approximate surface area is 203 Å². The zero-order valence-corrected chi connectivity index (χ0v) is 20.7. The molecule has 1 aliphatic heterocycles. The third kappa shape index (κ3) is 8.21. The van der Waals surface area contributed by atoms with Gasteiger partial charge in [0, 0.05) is 11.5 Å². The van der Waals surface area contributed by atoms with E-state index in [1.54, 1.807) is 30.3 Å². The number of hydrogen-bond donors (Lipinski definition) is 0. The number of hydrogen-bond acceptors (Lipinski definition) is 4. The second kappa shape index (κ2) is 14.2. The van der Waals surface area contributed by atoms with Crippen molar-refractivity contribution >= 4 is 5.97 Å². The van der Waals surface area contributed by atoms with Crippen molar-refractivity contribution in [1.82, 2.24) is 0 Å². The van der Waals surface area contributed by atoms with Gasteiger partial charge in [0.05, 0.1) is 18.8 Å².